The van der Waals surface area contributed by atoms with Crippen LogP contribution >= 0.6 is 11.3 Å². The monoisotopic (exact) mass is 407 g/mol. The highest BCUT2D eigenvalue weighted by molar-refractivity contribution is 7.09. The first kappa shape index (κ1) is 18.8. The van der Waals surface area contributed by atoms with Crippen LogP contribution < -0.4 is 16.0 Å². The zero-order valence-electron chi connectivity index (χ0n) is 15.6. The highest BCUT2D eigenvalue weighted by atomic mass is 32.1. The normalized spacial score (nSPS) is 10.9. The predicted molar refractivity (Wildman–Crippen MR) is 111 cm³/mol. The van der Waals surface area contributed by atoms with E-state index in [0.717, 1.165) is 9.44 Å². The van der Waals surface area contributed by atoms with Crippen molar-refractivity contribution >= 4 is 28.2 Å². The van der Waals surface area contributed by atoms with Crippen LogP contribution in [0.4, 0.5) is 0 Å². The molecule has 7 nitrogen and oxygen atoms in total. The van der Waals surface area contributed by atoms with Gasteiger partial charge in [0.2, 0.25) is 0 Å². The average Bonchev–Trinajstić information content (AvgIpc) is 3.27. The van der Waals surface area contributed by atoms with Crippen LogP contribution in [0, 0.1) is 0 Å². The van der Waals surface area contributed by atoms with Crippen LogP contribution in [0.2, 0.25) is 0 Å². The minimum Gasteiger partial charge on any atom is -0.497 e. The SMILES string of the molecule is COc1ccc(C(=O)Cn2c(=O)n(Cc3cccs3)c(=O)c3ncccc32)cc1. The Balaban J connectivity index is 1.81. The Morgan fingerprint density at radius 3 is 2.55 bits per heavy atom. The van der Waals surface area contributed by atoms with Gasteiger partial charge in [-0.25, -0.2) is 9.78 Å². The maximum atomic E-state index is 13.1. The highest BCUT2D eigenvalue weighted by Gasteiger charge is 2.17. The van der Waals surface area contributed by atoms with Gasteiger partial charge in [-0.3, -0.25) is 18.7 Å². The lowest BCUT2D eigenvalue weighted by Gasteiger charge is -2.13. The summed E-state index contributed by atoms with van der Waals surface area (Å²) < 4.78 is 7.55. The number of nitrogens with zero attached hydrogens (tertiary/aromatic N) is 3. The summed E-state index contributed by atoms with van der Waals surface area (Å²) in [6.45, 7) is -0.0589. The van der Waals surface area contributed by atoms with E-state index in [4.69, 9.17) is 4.74 Å². The van der Waals surface area contributed by atoms with E-state index < -0.39 is 11.2 Å². The van der Waals surface area contributed by atoms with Crippen molar-refractivity contribution in [2.45, 2.75) is 13.1 Å². The van der Waals surface area contributed by atoms with E-state index in [1.165, 1.54) is 22.1 Å². The largest absolute Gasteiger partial charge is 0.497 e. The fourth-order valence-electron chi connectivity index (χ4n) is 3.11. The third-order valence-electron chi connectivity index (χ3n) is 4.59. The number of Topliss-reactive ketones (excluding diaryl/α,β-unsaturated/α-hetero) is 1. The van der Waals surface area contributed by atoms with Crippen LogP contribution in [-0.4, -0.2) is 27.0 Å². The molecule has 0 unspecified atom stereocenters. The second-order valence-electron chi connectivity index (χ2n) is 6.36. The summed E-state index contributed by atoms with van der Waals surface area (Å²) >= 11 is 1.45. The molecule has 146 valence electrons. The van der Waals surface area contributed by atoms with Gasteiger partial charge in [0, 0.05) is 16.6 Å². The number of carbonyl (C=O) groups is 1. The Kier molecular flexibility index (Phi) is 5.09. The molecule has 0 saturated heterocycles. The van der Waals surface area contributed by atoms with Crippen molar-refractivity contribution in [2.75, 3.05) is 7.11 Å². The molecule has 0 atom stereocenters. The quantitative estimate of drug-likeness (QED) is 0.459. The summed E-state index contributed by atoms with van der Waals surface area (Å²) in [4.78, 5) is 43.8. The lowest BCUT2D eigenvalue weighted by molar-refractivity contribution is 0.0971. The number of ether oxygens (including phenoxy) is 1. The molecular weight excluding hydrogens is 390 g/mol. The Hall–Kier alpha value is -3.52. The van der Waals surface area contributed by atoms with Crippen molar-refractivity contribution in [3.63, 3.8) is 0 Å². The minimum absolute atomic E-state index is 0.137. The predicted octanol–water partition coefficient (Wildman–Crippen LogP) is 2.56. The fraction of sp³-hybridized carbons (Fsp3) is 0.143. The van der Waals surface area contributed by atoms with Gasteiger partial charge in [-0.05, 0) is 47.8 Å². The third kappa shape index (κ3) is 3.62. The molecule has 1 aromatic carbocycles. The molecule has 0 aliphatic rings. The third-order valence-corrected chi connectivity index (χ3v) is 5.46. The van der Waals surface area contributed by atoms with Gasteiger partial charge in [0.1, 0.15) is 5.75 Å². The molecule has 29 heavy (non-hydrogen) atoms. The van der Waals surface area contributed by atoms with E-state index in [2.05, 4.69) is 4.98 Å². The molecule has 8 heteroatoms. The van der Waals surface area contributed by atoms with E-state index in [1.807, 2.05) is 17.5 Å². The molecule has 0 amide bonds. The summed E-state index contributed by atoms with van der Waals surface area (Å²) in [7, 11) is 1.55. The molecule has 0 saturated carbocycles. The van der Waals surface area contributed by atoms with Gasteiger partial charge >= 0.3 is 5.69 Å². The smallest absolute Gasteiger partial charge is 0.332 e. The van der Waals surface area contributed by atoms with Crippen LogP contribution in [0.1, 0.15) is 15.2 Å². The van der Waals surface area contributed by atoms with Gasteiger partial charge in [-0.2, -0.15) is 0 Å². The van der Waals surface area contributed by atoms with Crippen molar-refractivity contribution in [1.82, 2.24) is 14.1 Å². The first-order valence-corrected chi connectivity index (χ1v) is 9.74. The first-order chi connectivity index (χ1) is 14.1. The number of hydrogen-bond acceptors (Lipinski definition) is 6. The van der Waals surface area contributed by atoms with Crippen LogP contribution in [0.25, 0.3) is 11.0 Å². The maximum Gasteiger partial charge on any atom is 0.332 e. The fourth-order valence-corrected chi connectivity index (χ4v) is 3.80. The first-order valence-electron chi connectivity index (χ1n) is 8.86. The van der Waals surface area contributed by atoms with Gasteiger partial charge in [-0.1, -0.05) is 6.07 Å². The maximum absolute atomic E-state index is 13.1. The van der Waals surface area contributed by atoms with Gasteiger partial charge in [-0.15, -0.1) is 11.3 Å². The van der Waals surface area contributed by atoms with Crippen molar-refractivity contribution in [2.24, 2.45) is 0 Å². The van der Waals surface area contributed by atoms with Gasteiger partial charge in [0.15, 0.2) is 11.3 Å². The molecule has 0 aliphatic heterocycles. The molecule has 0 spiro atoms. The van der Waals surface area contributed by atoms with Crippen LogP contribution in [0.3, 0.4) is 0 Å². The van der Waals surface area contributed by atoms with Crippen LogP contribution in [-0.2, 0) is 13.1 Å². The number of methoxy groups -OCH3 is 1. The zero-order valence-corrected chi connectivity index (χ0v) is 16.4. The number of ketones is 1. The van der Waals surface area contributed by atoms with E-state index >= 15 is 0 Å². The van der Waals surface area contributed by atoms with Crippen molar-refractivity contribution in [3.05, 3.63) is 91.4 Å². The highest BCUT2D eigenvalue weighted by Crippen LogP contribution is 2.14. The molecule has 4 rings (SSSR count). The molecule has 0 aliphatic carbocycles. The number of hydrogen-bond donors (Lipinski definition) is 0. The van der Waals surface area contributed by atoms with Crippen LogP contribution in [0.5, 0.6) is 5.75 Å². The summed E-state index contributed by atoms with van der Waals surface area (Å²) in [5.41, 5.74) is -0.0540. The number of rotatable bonds is 6. The van der Waals surface area contributed by atoms with E-state index in [0.29, 0.717) is 16.8 Å². The van der Waals surface area contributed by atoms with Crippen molar-refractivity contribution in [1.29, 1.82) is 0 Å². The van der Waals surface area contributed by atoms with Crippen molar-refractivity contribution < 1.29 is 9.53 Å². The zero-order chi connectivity index (χ0) is 20.4. The van der Waals surface area contributed by atoms with E-state index in [9.17, 15) is 14.4 Å². The Labute approximate surface area is 169 Å². The molecule has 3 aromatic heterocycles. The lowest BCUT2D eigenvalue weighted by Crippen LogP contribution is -2.41. The topological polar surface area (TPSA) is 83.2 Å². The molecule has 0 N–H and O–H groups in total. The number of benzene rings is 1. The van der Waals surface area contributed by atoms with Gasteiger partial charge in [0.05, 0.1) is 25.7 Å². The number of pyridine rings is 1. The Morgan fingerprint density at radius 2 is 1.86 bits per heavy atom. The second-order valence-corrected chi connectivity index (χ2v) is 7.39. The summed E-state index contributed by atoms with van der Waals surface area (Å²) in [5.74, 6) is 0.388. The second kappa shape index (κ2) is 7.84. The number of aromatic nitrogens is 3. The van der Waals surface area contributed by atoms with Gasteiger partial charge < -0.3 is 4.74 Å². The Bertz CT molecular complexity index is 1290. The Morgan fingerprint density at radius 1 is 1.07 bits per heavy atom. The number of fused-ring (bicyclic) bond motifs is 1. The average molecular weight is 407 g/mol. The number of thiophene rings is 1. The minimum atomic E-state index is -0.536. The molecular formula is C21H17N3O4S. The van der Waals surface area contributed by atoms with Gasteiger partial charge in [0.25, 0.3) is 5.56 Å². The van der Waals surface area contributed by atoms with Crippen molar-refractivity contribution in [3.8, 4) is 5.75 Å². The lowest BCUT2D eigenvalue weighted by atomic mass is 10.1. The summed E-state index contributed by atoms with van der Waals surface area (Å²) in [5, 5.41) is 1.88. The summed E-state index contributed by atoms with van der Waals surface area (Å²) in [6.07, 6.45) is 1.50. The van der Waals surface area contributed by atoms with Crippen LogP contribution in [0.15, 0.2) is 69.7 Å². The summed E-state index contributed by atoms with van der Waals surface area (Å²) in [6, 6.07) is 13.6. The molecule has 3 heterocycles. The molecule has 0 radical (unpaired) electrons. The standard InChI is InChI=1S/C21H17N3O4S/c1-28-15-8-6-14(7-9-15)18(25)13-23-17-5-2-10-22-19(17)20(26)24(21(23)27)12-16-4-3-11-29-16/h2-11H,12-13H2,1H3. The van der Waals surface area contributed by atoms with E-state index in [1.54, 1.807) is 43.5 Å². The molecule has 4 aromatic rings. The van der Waals surface area contributed by atoms with E-state index in [-0.39, 0.29) is 24.4 Å². The molecule has 0 fully saturated rings. The molecule has 0 bridgehead atoms. The number of carbonyl (C=O) groups excluding carboxylic acids is 1.